The third kappa shape index (κ3) is 5.13. The largest absolute Gasteiger partial charge is 0.454 e. The minimum Gasteiger partial charge on any atom is -0.454 e. The van der Waals surface area contributed by atoms with Crippen LogP contribution in [0.5, 0.6) is 11.5 Å². The number of amides is 2. The van der Waals surface area contributed by atoms with Gasteiger partial charge in [-0.05, 0) is 39.2 Å². The summed E-state index contributed by atoms with van der Waals surface area (Å²) < 4.78 is 10.6. The zero-order valence-electron chi connectivity index (χ0n) is 14.5. The molecular weight excluding hydrogens is 310 g/mol. The summed E-state index contributed by atoms with van der Waals surface area (Å²) in [5.74, 6) is 1.11. The Morgan fingerprint density at radius 1 is 1.17 bits per heavy atom. The van der Waals surface area contributed by atoms with E-state index in [1.54, 1.807) is 23.1 Å². The van der Waals surface area contributed by atoms with Crippen LogP contribution in [-0.4, -0.2) is 57.2 Å². The number of nitrogens with one attached hydrogen (secondary N) is 1. The Balaban J connectivity index is 1.85. The molecule has 0 aromatic heterocycles. The minimum absolute atomic E-state index is 0.0549. The highest BCUT2D eigenvalue weighted by atomic mass is 16.7. The zero-order valence-corrected chi connectivity index (χ0v) is 14.5. The number of nitrogens with zero attached hydrogens (tertiary/aromatic N) is 2. The lowest BCUT2D eigenvalue weighted by atomic mass is 10.2. The quantitative estimate of drug-likeness (QED) is 0.724. The van der Waals surface area contributed by atoms with Crippen molar-refractivity contribution in [3.05, 3.63) is 18.2 Å². The highest BCUT2D eigenvalue weighted by Gasteiger charge is 2.18. The molecule has 0 atom stereocenters. The molecule has 24 heavy (non-hydrogen) atoms. The summed E-state index contributed by atoms with van der Waals surface area (Å²) >= 11 is 0. The van der Waals surface area contributed by atoms with E-state index in [1.807, 2.05) is 14.1 Å². The smallest absolute Gasteiger partial charge is 0.231 e. The summed E-state index contributed by atoms with van der Waals surface area (Å²) in [6, 6.07) is 5.33. The normalized spacial score (nSPS) is 12.3. The fourth-order valence-corrected chi connectivity index (χ4v) is 2.45. The summed E-state index contributed by atoms with van der Waals surface area (Å²) in [5.41, 5.74) is 0.701. The third-order valence-corrected chi connectivity index (χ3v) is 3.71. The van der Waals surface area contributed by atoms with Gasteiger partial charge in [0.15, 0.2) is 11.5 Å². The zero-order chi connectivity index (χ0) is 17.5. The SMILES string of the molecule is CC(=O)N(CCC(=O)NCCCN(C)C)c1ccc2c(c1)OCO2. The summed E-state index contributed by atoms with van der Waals surface area (Å²) in [6.07, 6.45) is 1.16. The maximum atomic E-state index is 11.9. The van der Waals surface area contributed by atoms with Gasteiger partial charge in [-0.2, -0.15) is 0 Å². The van der Waals surface area contributed by atoms with Crippen molar-refractivity contribution in [3.63, 3.8) is 0 Å². The molecule has 0 radical (unpaired) electrons. The van der Waals surface area contributed by atoms with Crippen LogP contribution in [0.1, 0.15) is 19.8 Å². The average Bonchev–Trinajstić information content (AvgIpc) is 2.99. The molecule has 0 fully saturated rings. The number of fused-ring (bicyclic) bond motifs is 1. The second kappa shape index (κ2) is 8.54. The molecule has 2 rings (SSSR count). The monoisotopic (exact) mass is 335 g/mol. The summed E-state index contributed by atoms with van der Waals surface area (Å²) in [5, 5.41) is 2.88. The molecule has 2 amide bonds. The predicted molar refractivity (Wildman–Crippen MR) is 91.4 cm³/mol. The molecule has 0 saturated carbocycles. The second-order valence-electron chi connectivity index (χ2n) is 5.97. The van der Waals surface area contributed by atoms with Gasteiger partial charge in [0.2, 0.25) is 18.6 Å². The maximum absolute atomic E-state index is 11.9. The van der Waals surface area contributed by atoms with Crippen LogP contribution in [-0.2, 0) is 9.59 Å². The molecule has 0 aliphatic carbocycles. The van der Waals surface area contributed by atoms with E-state index < -0.39 is 0 Å². The summed E-state index contributed by atoms with van der Waals surface area (Å²) in [7, 11) is 4.00. The standard InChI is InChI=1S/C17H25N3O4/c1-13(21)20(10-7-17(22)18-8-4-9-19(2)3)14-5-6-15-16(11-14)24-12-23-15/h5-6,11H,4,7-10,12H2,1-3H3,(H,18,22). The van der Waals surface area contributed by atoms with E-state index in [9.17, 15) is 9.59 Å². The van der Waals surface area contributed by atoms with Gasteiger partial charge in [0.1, 0.15) is 0 Å². The fraction of sp³-hybridized carbons (Fsp3) is 0.529. The highest BCUT2D eigenvalue weighted by Crippen LogP contribution is 2.35. The van der Waals surface area contributed by atoms with Crippen molar-refractivity contribution in [2.45, 2.75) is 19.8 Å². The first-order valence-corrected chi connectivity index (χ1v) is 8.06. The van der Waals surface area contributed by atoms with Crippen molar-refractivity contribution in [3.8, 4) is 11.5 Å². The Morgan fingerprint density at radius 2 is 1.92 bits per heavy atom. The topological polar surface area (TPSA) is 71.1 Å². The molecule has 1 N–H and O–H groups in total. The van der Waals surface area contributed by atoms with Crippen LogP contribution in [0, 0.1) is 0 Å². The molecule has 7 nitrogen and oxygen atoms in total. The third-order valence-electron chi connectivity index (χ3n) is 3.71. The lowest BCUT2D eigenvalue weighted by molar-refractivity contribution is -0.121. The number of ether oxygens (including phenoxy) is 2. The van der Waals surface area contributed by atoms with Crippen molar-refractivity contribution < 1.29 is 19.1 Å². The van der Waals surface area contributed by atoms with Gasteiger partial charge >= 0.3 is 0 Å². The molecule has 132 valence electrons. The highest BCUT2D eigenvalue weighted by molar-refractivity contribution is 5.92. The molecule has 1 aromatic rings. The van der Waals surface area contributed by atoms with Crippen LogP contribution in [0.3, 0.4) is 0 Å². The number of hydrogen-bond acceptors (Lipinski definition) is 5. The van der Waals surface area contributed by atoms with Crippen LogP contribution < -0.4 is 19.7 Å². The van der Waals surface area contributed by atoms with Crippen molar-refractivity contribution in [2.75, 3.05) is 45.4 Å². The molecule has 1 heterocycles. The van der Waals surface area contributed by atoms with Gasteiger partial charge in [-0.25, -0.2) is 0 Å². The molecule has 0 spiro atoms. The minimum atomic E-state index is -0.116. The molecule has 7 heteroatoms. The predicted octanol–water partition coefficient (Wildman–Crippen LogP) is 1.23. The molecule has 1 aromatic carbocycles. The number of anilines is 1. The first-order valence-electron chi connectivity index (χ1n) is 8.06. The van der Waals surface area contributed by atoms with Gasteiger partial charge in [0, 0.05) is 38.2 Å². The van der Waals surface area contributed by atoms with Crippen LogP contribution in [0.15, 0.2) is 18.2 Å². The van der Waals surface area contributed by atoms with Crippen LogP contribution in [0.4, 0.5) is 5.69 Å². The molecule has 0 unspecified atom stereocenters. The number of carbonyl (C=O) groups is 2. The van der Waals surface area contributed by atoms with Crippen LogP contribution in [0.25, 0.3) is 0 Å². The van der Waals surface area contributed by atoms with Gasteiger partial charge in [-0.15, -0.1) is 0 Å². The number of hydrogen-bond donors (Lipinski definition) is 1. The van der Waals surface area contributed by atoms with E-state index in [4.69, 9.17) is 9.47 Å². The lowest BCUT2D eigenvalue weighted by Crippen LogP contribution is -2.34. The molecule has 0 saturated heterocycles. The maximum Gasteiger partial charge on any atom is 0.231 e. The van der Waals surface area contributed by atoms with Crippen molar-refractivity contribution >= 4 is 17.5 Å². The number of rotatable bonds is 8. The summed E-state index contributed by atoms with van der Waals surface area (Å²) in [6.45, 7) is 3.57. The Labute approximate surface area is 142 Å². The van der Waals surface area contributed by atoms with Gasteiger partial charge in [-0.1, -0.05) is 0 Å². The van der Waals surface area contributed by atoms with E-state index in [0.29, 0.717) is 30.3 Å². The molecule has 0 bridgehead atoms. The Hall–Kier alpha value is -2.28. The van der Waals surface area contributed by atoms with E-state index in [2.05, 4.69) is 10.2 Å². The van der Waals surface area contributed by atoms with E-state index >= 15 is 0 Å². The second-order valence-corrected chi connectivity index (χ2v) is 5.97. The van der Waals surface area contributed by atoms with E-state index in [0.717, 1.165) is 13.0 Å². The van der Waals surface area contributed by atoms with Crippen molar-refractivity contribution in [2.24, 2.45) is 0 Å². The summed E-state index contributed by atoms with van der Waals surface area (Å²) in [4.78, 5) is 27.5. The van der Waals surface area contributed by atoms with Crippen molar-refractivity contribution in [1.29, 1.82) is 0 Å². The Morgan fingerprint density at radius 3 is 2.62 bits per heavy atom. The first-order chi connectivity index (χ1) is 11.5. The van der Waals surface area contributed by atoms with Gasteiger partial charge in [0.05, 0.1) is 0 Å². The molecule has 1 aliphatic heterocycles. The van der Waals surface area contributed by atoms with E-state index in [1.165, 1.54) is 6.92 Å². The Bertz CT molecular complexity index is 589. The fourth-order valence-electron chi connectivity index (χ4n) is 2.45. The number of benzene rings is 1. The van der Waals surface area contributed by atoms with Gasteiger partial charge < -0.3 is 24.6 Å². The van der Waals surface area contributed by atoms with Crippen LogP contribution in [0.2, 0.25) is 0 Å². The lowest BCUT2D eigenvalue weighted by Gasteiger charge is -2.21. The van der Waals surface area contributed by atoms with Gasteiger partial charge in [0.25, 0.3) is 0 Å². The van der Waals surface area contributed by atoms with Crippen molar-refractivity contribution in [1.82, 2.24) is 10.2 Å². The number of carbonyl (C=O) groups excluding carboxylic acids is 2. The van der Waals surface area contributed by atoms with Crippen LogP contribution >= 0.6 is 0 Å². The van der Waals surface area contributed by atoms with Gasteiger partial charge in [-0.3, -0.25) is 9.59 Å². The Kier molecular flexibility index (Phi) is 6.43. The molecule has 1 aliphatic rings. The average molecular weight is 335 g/mol. The van der Waals surface area contributed by atoms with E-state index in [-0.39, 0.29) is 25.0 Å². The molecular formula is C17H25N3O4. The first kappa shape index (κ1) is 18.1.